The van der Waals surface area contributed by atoms with Gasteiger partial charge in [0.25, 0.3) is 0 Å². The van der Waals surface area contributed by atoms with Crippen molar-refractivity contribution in [2.75, 3.05) is 13.2 Å². The largest absolute Gasteiger partial charge is 0.492 e. The number of nitrogens with zero attached hydrogens (tertiary/aromatic N) is 1. The Morgan fingerprint density at radius 3 is 2.65 bits per heavy atom. The molecule has 1 N–H and O–H groups in total. The van der Waals surface area contributed by atoms with Crippen LogP contribution in [0.25, 0.3) is 0 Å². The molecule has 1 saturated carbocycles. The van der Waals surface area contributed by atoms with Gasteiger partial charge in [-0.3, -0.25) is 4.98 Å². The maximum absolute atomic E-state index is 5.59. The highest BCUT2D eigenvalue weighted by molar-refractivity contribution is 5.26. The van der Waals surface area contributed by atoms with Crippen molar-refractivity contribution >= 4 is 0 Å². The normalized spacial score (nSPS) is 24.4. The van der Waals surface area contributed by atoms with Gasteiger partial charge in [0.15, 0.2) is 0 Å². The summed E-state index contributed by atoms with van der Waals surface area (Å²) < 4.78 is 5.59. The van der Waals surface area contributed by atoms with E-state index in [1.807, 2.05) is 13.1 Å². The van der Waals surface area contributed by atoms with Crippen molar-refractivity contribution in [2.24, 2.45) is 11.8 Å². The van der Waals surface area contributed by atoms with Crippen molar-refractivity contribution in [1.82, 2.24) is 10.3 Å². The fourth-order valence-corrected chi connectivity index (χ4v) is 3.25. The number of aromatic nitrogens is 1. The molecule has 0 aromatic carbocycles. The molecule has 20 heavy (non-hydrogen) atoms. The topological polar surface area (TPSA) is 34.2 Å². The molecule has 2 rings (SSSR count). The van der Waals surface area contributed by atoms with Gasteiger partial charge in [0.05, 0.1) is 12.8 Å². The highest BCUT2D eigenvalue weighted by atomic mass is 16.5. The van der Waals surface area contributed by atoms with E-state index in [1.165, 1.54) is 31.2 Å². The molecule has 0 spiro atoms. The van der Waals surface area contributed by atoms with E-state index in [0.29, 0.717) is 12.6 Å². The highest BCUT2D eigenvalue weighted by Crippen LogP contribution is 2.37. The Hall–Kier alpha value is -1.09. The average Bonchev–Trinajstić information content (AvgIpc) is 2.47. The smallest absolute Gasteiger partial charge is 0.137 e. The van der Waals surface area contributed by atoms with E-state index in [0.717, 1.165) is 24.1 Å². The molecule has 1 atom stereocenters. The van der Waals surface area contributed by atoms with E-state index in [9.17, 15) is 0 Å². The fraction of sp³-hybridized carbons (Fsp3) is 0.706. The second-order valence-corrected chi connectivity index (χ2v) is 5.94. The Morgan fingerprint density at radius 2 is 2.00 bits per heavy atom. The molecule has 0 saturated heterocycles. The zero-order valence-corrected chi connectivity index (χ0v) is 13.1. The van der Waals surface area contributed by atoms with E-state index < -0.39 is 0 Å². The van der Waals surface area contributed by atoms with Gasteiger partial charge in [-0.15, -0.1) is 0 Å². The molecule has 1 aromatic heterocycles. The van der Waals surface area contributed by atoms with Crippen LogP contribution < -0.4 is 10.1 Å². The summed E-state index contributed by atoms with van der Waals surface area (Å²) in [6.07, 6.45) is 9.14. The third-order valence-electron chi connectivity index (χ3n) is 4.36. The lowest BCUT2D eigenvalue weighted by Crippen LogP contribution is -2.30. The van der Waals surface area contributed by atoms with Gasteiger partial charge < -0.3 is 10.1 Å². The van der Waals surface area contributed by atoms with Gasteiger partial charge in [-0.25, -0.2) is 0 Å². The molecule has 112 valence electrons. The van der Waals surface area contributed by atoms with Crippen molar-refractivity contribution in [3.05, 3.63) is 24.0 Å². The Kier molecular flexibility index (Phi) is 5.84. The molecular formula is C17H28N2O. The van der Waals surface area contributed by atoms with Gasteiger partial charge in [0.2, 0.25) is 0 Å². The van der Waals surface area contributed by atoms with E-state index in [4.69, 9.17) is 4.74 Å². The molecule has 0 aliphatic heterocycles. The minimum absolute atomic E-state index is 0.417. The number of ether oxygens (including phenoxy) is 1. The van der Waals surface area contributed by atoms with Crippen LogP contribution in [-0.4, -0.2) is 18.1 Å². The second kappa shape index (κ2) is 7.63. The Labute approximate surface area is 123 Å². The van der Waals surface area contributed by atoms with Gasteiger partial charge in [0.1, 0.15) is 5.75 Å². The van der Waals surface area contributed by atoms with E-state index in [1.54, 1.807) is 6.20 Å². The van der Waals surface area contributed by atoms with Crippen LogP contribution in [0.1, 0.15) is 58.1 Å². The van der Waals surface area contributed by atoms with Crippen molar-refractivity contribution in [3.63, 3.8) is 0 Å². The van der Waals surface area contributed by atoms with Gasteiger partial charge in [-0.2, -0.15) is 0 Å². The molecule has 0 radical (unpaired) electrons. The van der Waals surface area contributed by atoms with Gasteiger partial charge in [-0.05, 0) is 49.8 Å². The van der Waals surface area contributed by atoms with E-state index in [2.05, 4.69) is 30.2 Å². The van der Waals surface area contributed by atoms with E-state index in [-0.39, 0.29) is 0 Å². The van der Waals surface area contributed by atoms with Crippen LogP contribution in [0.15, 0.2) is 18.5 Å². The summed E-state index contributed by atoms with van der Waals surface area (Å²) in [5.74, 6) is 2.50. The molecule has 1 aromatic rings. The van der Waals surface area contributed by atoms with Crippen LogP contribution in [0.5, 0.6) is 5.75 Å². The van der Waals surface area contributed by atoms with Gasteiger partial charge in [-0.1, -0.05) is 26.7 Å². The van der Waals surface area contributed by atoms with Crippen LogP contribution in [-0.2, 0) is 0 Å². The second-order valence-electron chi connectivity index (χ2n) is 5.94. The van der Waals surface area contributed by atoms with Crippen LogP contribution in [0.4, 0.5) is 0 Å². The van der Waals surface area contributed by atoms with Crippen LogP contribution in [0.3, 0.4) is 0 Å². The fourth-order valence-electron chi connectivity index (χ4n) is 3.25. The minimum atomic E-state index is 0.417. The van der Waals surface area contributed by atoms with Crippen LogP contribution >= 0.6 is 0 Å². The summed E-state index contributed by atoms with van der Waals surface area (Å²) in [4.78, 5) is 4.35. The monoisotopic (exact) mass is 276 g/mol. The molecule has 0 amide bonds. The zero-order valence-electron chi connectivity index (χ0n) is 13.1. The molecule has 1 aliphatic rings. The molecular weight excluding hydrogens is 248 g/mol. The number of nitrogens with one attached hydrogen (secondary N) is 1. The number of pyridine rings is 1. The maximum Gasteiger partial charge on any atom is 0.137 e. The predicted octanol–water partition coefficient (Wildman–Crippen LogP) is 3.96. The van der Waals surface area contributed by atoms with Crippen molar-refractivity contribution in [2.45, 2.75) is 52.5 Å². The maximum atomic E-state index is 5.59. The SMILES string of the molecule is CCNC(c1cncc(OCC)c1)C1CCC(C)CC1. The van der Waals surface area contributed by atoms with Crippen molar-refractivity contribution in [3.8, 4) is 5.75 Å². The quantitative estimate of drug-likeness (QED) is 0.854. The first-order chi connectivity index (χ1) is 9.74. The zero-order chi connectivity index (χ0) is 14.4. The molecule has 3 heteroatoms. The molecule has 1 heterocycles. The van der Waals surface area contributed by atoms with Gasteiger partial charge in [0, 0.05) is 12.2 Å². The summed E-state index contributed by atoms with van der Waals surface area (Å²) in [6, 6.07) is 2.57. The highest BCUT2D eigenvalue weighted by Gasteiger charge is 2.27. The van der Waals surface area contributed by atoms with Crippen molar-refractivity contribution < 1.29 is 4.74 Å². The third kappa shape index (κ3) is 3.95. The van der Waals surface area contributed by atoms with Crippen molar-refractivity contribution in [1.29, 1.82) is 0 Å². The lowest BCUT2D eigenvalue weighted by molar-refractivity contribution is 0.232. The molecule has 3 nitrogen and oxygen atoms in total. The first kappa shape index (κ1) is 15.3. The molecule has 0 bridgehead atoms. The number of rotatable bonds is 6. The van der Waals surface area contributed by atoms with Gasteiger partial charge >= 0.3 is 0 Å². The van der Waals surface area contributed by atoms with Crippen LogP contribution in [0.2, 0.25) is 0 Å². The third-order valence-corrected chi connectivity index (χ3v) is 4.36. The predicted molar refractivity (Wildman–Crippen MR) is 82.9 cm³/mol. The minimum Gasteiger partial charge on any atom is -0.492 e. The standard InChI is InChI=1S/C17H28N2O/c1-4-19-17(14-8-6-13(3)7-9-14)15-10-16(20-5-2)12-18-11-15/h10-14,17,19H,4-9H2,1-3H3. The number of hydrogen-bond acceptors (Lipinski definition) is 3. The summed E-state index contributed by atoms with van der Waals surface area (Å²) in [6.45, 7) is 8.25. The first-order valence-corrected chi connectivity index (χ1v) is 8.05. The number of hydrogen-bond donors (Lipinski definition) is 1. The molecule has 1 fully saturated rings. The molecule has 1 aliphatic carbocycles. The Bertz CT molecular complexity index is 400. The Morgan fingerprint density at radius 1 is 1.25 bits per heavy atom. The molecule has 1 unspecified atom stereocenters. The van der Waals surface area contributed by atoms with Crippen LogP contribution in [0, 0.1) is 11.8 Å². The lowest BCUT2D eigenvalue weighted by atomic mass is 9.77. The Balaban J connectivity index is 2.12. The first-order valence-electron chi connectivity index (χ1n) is 8.05. The summed E-state index contributed by atoms with van der Waals surface area (Å²) in [7, 11) is 0. The summed E-state index contributed by atoms with van der Waals surface area (Å²) in [5, 5.41) is 3.66. The summed E-state index contributed by atoms with van der Waals surface area (Å²) in [5.41, 5.74) is 1.28. The lowest BCUT2D eigenvalue weighted by Gasteiger charge is -2.33. The van der Waals surface area contributed by atoms with E-state index >= 15 is 0 Å². The summed E-state index contributed by atoms with van der Waals surface area (Å²) >= 11 is 0. The average molecular weight is 276 g/mol.